The molecule has 1 aromatic carbocycles. The lowest BCUT2D eigenvalue weighted by Crippen LogP contribution is -2.23. The van der Waals surface area contributed by atoms with Crippen LogP contribution < -0.4 is 0 Å². The molecule has 0 aliphatic rings. The van der Waals surface area contributed by atoms with E-state index < -0.39 is 0 Å². The summed E-state index contributed by atoms with van der Waals surface area (Å²) in [5.74, 6) is 0.0758. The highest BCUT2D eigenvalue weighted by molar-refractivity contribution is 7.80. The Morgan fingerprint density at radius 1 is 1.47 bits per heavy atom. The van der Waals surface area contributed by atoms with Gasteiger partial charge in [-0.1, -0.05) is 0 Å². The lowest BCUT2D eigenvalue weighted by molar-refractivity contribution is -0.127. The second kappa shape index (κ2) is 4.66. The van der Waals surface area contributed by atoms with Crippen molar-refractivity contribution in [2.24, 2.45) is 0 Å². The van der Waals surface area contributed by atoms with Crippen molar-refractivity contribution in [3.8, 4) is 0 Å². The van der Waals surface area contributed by atoms with Gasteiger partial charge in [0.2, 0.25) is 5.91 Å². The number of hydrogen-bond donors (Lipinski definition) is 1. The van der Waals surface area contributed by atoms with Crippen LogP contribution in [0.3, 0.4) is 0 Å². The number of thiazole rings is 1. The summed E-state index contributed by atoms with van der Waals surface area (Å²) < 4.78 is 1.09. The Kier molecular flexibility index (Phi) is 3.40. The molecule has 0 N–H and O–H groups in total. The first-order chi connectivity index (χ1) is 7.97. The molecule has 90 valence electrons. The highest BCUT2D eigenvalue weighted by Gasteiger charge is 2.11. The first-order valence-electron chi connectivity index (χ1n) is 5.26. The predicted molar refractivity (Wildman–Crippen MR) is 74.0 cm³/mol. The number of benzene rings is 1. The number of rotatable bonds is 2. The molecule has 0 unspecified atom stereocenters. The van der Waals surface area contributed by atoms with E-state index in [4.69, 9.17) is 0 Å². The van der Waals surface area contributed by atoms with Gasteiger partial charge in [0, 0.05) is 19.0 Å². The van der Waals surface area contributed by atoms with E-state index in [0.29, 0.717) is 6.42 Å². The van der Waals surface area contributed by atoms with Gasteiger partial charge in [-0.2, -0.15) is 0 Å². The maximum absolute atomic E-state index is 11.6. The Balaban J connectivity index is 2.35. The van der Waals surface area contributed by atoms with Gasteiger partial charge in [0.25, 0.3) is 0 Å². The fourth-order valence-electron chi connectivity index (χ4n) is 1.48. The summed E-state index contributed by atoms with van der Waals surface area (Å²) in [6.07, 6.45) is 0.368. The molecule has 17 heavy (non-hydrogen) atoms. The van der Waals surface area contributed by atoms with Gasteiger partial charge in [-0.05, 0) is 24.6 Å². The van der Waals surface area contributed by atoms with Crippen LogP contribution >= 0.6 is 24.0 Å². The van der Waals surface area contributed by atoms with Crippen molar-refractivity contribution in [1.82, 2.24) is 9.88 Å². The van der Waals surface area contributed by atoms with Crippen LogP contribution in [-0.2, 0) is 11.2 Å². The predicted octanol–water partition coefficient (Wildman–Crippen LogP) is 2.52. The Morgan fingerprint density at radius 3 is 2.82 bits per heavy atom. The molecule has 0 aliphatic heterocycles. The van der Waals surface area contributed by atoms with Gasteiger partial charge in [0.05, 0.1) is 16.6 Å². The number of aromatic nitrogens is 1. The Morgan fingerprint density at radius 2 is 2.18 bits per heavy atom. The zero-order valence-electron chi connectivity index (χ0n) is 10.0. The first-order valence-corrected chi connectivity index (χ1v) is 6.53. The maximum Gasteiger partial charge on any atom is 0.228 e. The molecule has 0 aliphatic carbocycles. The van der Waals surface area contributed by atoms with E-state index in [1.165, 1.54) is 0 Å². The van der Waals surface area contributed by atoms with Gasteiger partial charge in [0.15, 0.2) is 0 Å². The van der Waals surface area contributed by atoms with Crippen molar-refractivity contribution < 1.29 is 4.79 Å². The average Bonchev–Trinajstić information content (AvgIpc) is 2.60. The van der Waals surface area contributed by atoms with Crippen molar-refractivity contribution >= 4 is 40.1 Å². The summed E-state index contributed by atoms with van der Waals surface area (Å²) >= 11 is 5.95. The minimum atomic E-state index is 0.0758. The third kappa shape index (κ3) is 2.61. The third-order valence-electron chi connectivity index (χ3n) is 2.55. The van der Waals surface area contributed by atoms with E-state index in [9.17, 15) is 4.79 Å². The summed E-state index contributed by atoms with van der Waals surface area (Å²) in [7, 11) is 3.51. The molecule has 0 saturated heterocycles. The summed E-state index contributed by atoms with van der Waals surface area (Å²) in [6.45, 7) is 2.01. The standard InChI is InChI=1S/C12H14N2OS2/c1-7-4-8-10(5-9(7)16)17-11(13-8)6-12(15)14(2)3/h4-5,16H,6H2,1-3H3. The molecule has 0 saturated carbocycles. The van der Waals surface area contributed by atoms with Crippen LogP contribution in [0, 0.1) is 6.92 Å². The van der Waals surface area contributed by atoms with Crippen LogP contribution in [0.1, 0.15) is 10.6 Å². The van der Waals surface area contributed by atoms with Crippen LogP contribution in [0.25, 0.3) is 10.2 Å². The number of carbonyl (C=O) groups is 1. The number of carbonyl (C=O) groups excluding carboxylic acids is 1. The van der Waals surface area contributed by atoms with Gasteiger partial charge < -0.3 is 4.90 Å². The third-order valence-corrected chi connectivity index (χ3v) is 4.05. The minimum absolute atomic E-state index is 0.0758. The molecule has 0 atom stereocenters. The number of fused-ring (bicyclic) bond motifs is 1. The topological polar surface area (TPSA) is 33.2 Å². The van der Waals surface area contributed by atoms with Crippen molar-refractivity contribution in [2.75, 3.05) is 14.1 Å². The Labute approximate surface area is 110 Å². The van der Waals surface area contributed by atoms with Crippen LogP contribution in [0.15, 0.2) is 17.0 Å². The van der Waals surface area contributed by atoms with Gasteiger partial charge in [0.1, 0.15) is 5.01 Å². The normalized spacial score (nSPS) is 10.8. The molecule has 1 amide bonds. The monoisotopic (exact) mass is 266 g/mol. The number of thiol groups is 1. The van der Waals surface area contributed by atoms with Gasteiger partial charge in [-0.15, -0.1) is 24.0 Å². The molecule has 0 spiro atoms. The Bertz CT molecular complexity index is 536. The van der Waals surface area contributed by atoms with Crippen molar-refractivity contribution in [1.29, 1.82) is 0 Å². The summed E-state index contributed by atoms with van der Waals surface area (Å²) in [4.78, 5) is 18.6. The molecule has 1 heterocycles. The maximum atomic E-state index is 11.6. The molecule has 1 aromatic heterocycles. The second-order valence-electron chi connectivity index (χ2n) is 4.18. The largest absolute Gasteiger partial charge is 0.348 e. The number of nitrogens with zero attached hydrogens (tertiary/aromatic N) is 2. The lowest BCUT2D eigenvalue weighted by atomic mass is 10.2. The van der Waals surface area contributed by atoms with Crippen molar-refractivity contribution in [2.45, 2.75) is 18.2 Å². The van der Waals surface area contributed by atoms with Gasteiger partial charge >= 0.3 is 0 Å². The molecule has 5 heteroatoms. The molecular weight excluding hydrogens is 252 g/mol. The number of amides is 1. The molecule has 0 bridgehead atoms. The van der Waals surface area contributed by atoms with Crippen LogP contribution in [0.5, 0.6) is 0 Å². The molecular formula is C12H14N2OS2. The number of likely N-dealkylation sites (N-methyl/N-ethyl adjacent to an activating group) is 1. The number of hydrogen-bond acceptors (Lipinski definition) is 4. The quantitative estimate of drug-likeness (QED) is 0.847. The van der Waals surface area contributed by atoms with Crippen LogP contribution in [-0.4, -0.2) is 29.9 Å². The van der Waals surface area contributed by atoms with E-state index in [2.05, 4.69) is 17.6 Å². The summed E-state index contributed by atoms with van der Waals surface area (Å²) in [6, 6.07) is 4.02. The fraction of sp³-hybridized carbons (Fsp3) is 0.333. The molecule has 3 nitrogen and oxygen atoms in total. The van der Waals surface area contributed by atoms with Crippen LogP contribution in [0.2, 0.25) is 0 Å². The second-order valence-corrected chi connectivity index (χ2v) is 5.78. The van der Waals surface area contributed by atoms with Gasteiger partial charge in [-0.25, -0.2) is 4.98 Å². The number of aryl methyl sites for hydroxylation is 1. The lowest BCUT2D eigenvalue weighted by Gasteiger charge is -2.07. The highest BCUT2D eigenvalue weighted by Crippen LogP contribution is 2.27. The SMILES string of the molecule is Cc1cc2nc(CC(=O)N(C)C)sc2cc1S. The molecule has 2 aromatic rings. The van der Waals surface area contributed by atoms with E-state index in [1.54, 1.807) is 30.3 Å². The Hall–Kier alpha value is -1.07. The van der Waals surface area contributed by atoms with Crippen molar-refractivity contribution in [3.05, 3.63) is 22.7 Å². The first kappa shape index (κ1) is 12.4. The zero-order chi connectivity index (χ0) is 12.6. The summed E-state index contributed by atoms with van der Waals surface area (Å²) in [5.41, 5.74) is 2.06. The zero-order valence-corrected chi connectivity index (χ0v) is 11.7. The smallest absolute Gasteiger partial charge is 0.228 e. The molecule has 0 fully saturated rings. The fourth-order valence-corrected chi connectivity index (χ4v) is 2.74. The average molecular weight is 266 g/mol. The van der Waals surface area contributed by atoms with E-state index >= 15 is 0 Å². The summed E-state index contributed by atoms with van der Waals surface area (Å²) in [5, 5.41) is 0.858. The van der Waals surface area contributed by atoms with E-state index in [1.807, 2.05) is 19.1 Å². The van der Waals surface area contributed by atoms with Gasteiger partial charge in [-0.3, -0.25) is 4.79 Å². The molecule has 0 radical (unpaired) electrons. The van der Waals surface area contributed by atoms with Crippen LogP contribution in [0.4, 0.5) is 0 Å². The van der Waals surface area contributed by atoms with E-state index in [-0.39, 0.29) is 5.91 Å². The van der Waals surface area contributed by atoms with E-state index in [0.717, 1.165) is 25.7 Å². The van der Waals surface area contributed by atoms with Crippen molar-refractivity contribution in [3.63, 3.8) is 0 Å². The minimum Gasteiger partial charge on any atom is -0.348 e. The highest BCUT2D eigenvalue weighted by atomic mass is 32.1. The molecule has 2 rings (SSSR count).